The Kier molecular flexibility index (Phi) is 7.94. The van der Waals surface area contributed by atoms with E-state index in [1.165, 1.54) is 48.1 Å². The molecule has 0 N–H and O–H groups in total. The van der Waals surface area contributed by atoms with Crippen molar-refractivity contribution in [2.45, 2.75) is 39.0 Å². The summed E-state index contributed by atoms with van der Waals surface area (Å²) >= 11 is 1.84. The minimum atomic E-state index is 1.16. The van der Waals surface area contributed by atoms with Crippen molar-refractivity contribution in [1.82, 2.24) is 0 Å². The maximum atomic E-state index is 2.29. The molecular weight excluding hydrogens is 406 g/mol. The van der Waals surface area contributed by atoms with Gasteiger partial charge in [0.05, 0.1) is 0 Å². The molecule has 4 aromatic rings. The van der Waals surface area contributed by atoms with Gasteiger partial charge in [-0.1, -0.05) is 80.8 Å². The highest BCUT2D eigenvalue weighted by Gasteiger charge is 2.11. The lowest BCUT2D eigenvalue weighted by Crippen LogP contribution is -2.09. The van der Waals surface area contributed by atoms with Crippen LogP contribution in [0.15, 0.2) is 96.4 Å². The van der Waals surface area contributed by atoms with Gasteiger partial charge in [0.1, 0.15) is 0 Å². The fourth-order valence-corrected chi connectivity index (χ4v) is 4.80. The van der Waals surface area contributed by atoms with Crippen molar-refractivity contribution in [3.63, 3.8) is 0 Å². The molecule has 162 valence electrons. The smallest absolute Gasteiger partial charge is 0.0462 e. The third kappa shape index (κ3) is 5.77. The van der Waals surface area contributed by atoms with Crippen molar-refractivity contribution in [2.75, 3.05) is 4.90 Å². The molecular formula is C30H31NS. The van der Waals surface area contributed by atoms with Gasteiger partial charge < -0.3 is 4.90 Å². The minimum Gasteiger partial charge on any atom is -0.311 e. The van der Waals surface area contributed by atoms with Crippen molar-refractivity contribution in [2.24, 2.45) is 0 Å². The second-order valence-corrected chi connectivity index (χ2v) is 9.00. The van der Waals surface area contributed by atoms with Crippen LogP contribution in [0.4, 0.5) is 17.1 Å². The quantitative estimate of drug-likeness (QED) is 0.223. The van der Waals surface area contributed by atoms with Crippen molar-refractivity contribution in [1.29, 1.82) is 0 Å². The molecule has 0 radical (unpaired) electrons. The van der Waals surface area contributed by atoms with Gasteiger partial charge in [-0.25, -0.2) is 0 Å². The van der Waals surface area contributed by atoms with Crippen molar-refractivity contribution in [3.8, 4) is 0 Å². The second kappa shape index (κ2) is 11.5. The monoisotopic (exact) mass is 437 g/mol. The molecule has 4 rings (SSSR count). The third-order valence-corrected chi connectivity index (χ3v) is 6.61. The molecule has 0 saturated heterocycles. The van der Waals surface area contributed by atoms with Gasteiger partial charge in [0, 0.05) is 21.9 Å². The molecule has 1 aromatic heterocycles. The molecule has 0 unspecified atom stereocenters. The normalized spacial score (nSPS) is 11.2. The van der Waals surface area contributed by atoms with Crippen LogP contribution in [0.1, 0.15) is 48.6 Å². The number of para-hydroxylation sites is 2. The van der Waals surface area contributed by atoms with Crippen molar-refractivity contribution in [3.05, 3.63) is 112 Å². The average Bonchev–Trinajstić information content (AvgIpc) is 3.30. The summed E-state index contributed by atoms with van der Waals surface area (Å²) in [5.41, 5.74) is 6.19. The molecule has 3 aromatic carbocycles. The second-order valence-electron chi connectivity index (χ2n) is 8.05. The number of thiophene rings is 1. The van der Waals surface area contributed by atoms with Crippen LogP contribution in [0.2, 0.25) is 0 Å². The molecule has 1 nitrogen and oxygen atoms in total. The van der Waals surface area contributed by atoms with E-state index in [1.54, 1.807) is 0 Å². The lowest BCUT2D eigenvalue weighted by atomic mass is 10.1. The first-order chi connectivity index (χ1) is 15.8. The van der Waals surface area contributed by atoms with Gasteiger partial charge in [-0.15, -0.1) is 11.3 Å². The van der Waals surface area contributed by atoms with Gasteiger partial charge in [-0.2, -0.15) is 0 Å². The molecule has 0 spiro atoms. The summed E-state index contributed by atoms with van der Waals surface area (Å²) < 4.78 is 0. The minimum absolute atomic E-state index is 1.16. The Morgan fingerprint density at radius 2 is 1.28 bits per heavy atom. The molecule has 0 aliphatic carbocycles. The zero-order valence-corrected chi connectivity index (χ0v) is 19.6. The summed E-state index contributed by atoms with van der Waals surface area (Å²) in [5.74, 6) is 0. The Morgan fingerprint density at radius 1 is 0.656 bits per heavy atom. The van der Waals surface area contributed by atoms with Gasteiger partial charge >= 0.3 is 0 Å². The van der Waals surface area contributed by atoms with Gasteiger partial charge in [0.25, 0.3) is 0 Å². The first-order valence-corrected chi connectivity index (χ1v) is 12.5. The summed E-state index contributed by atoms with van der Waals surface area (Å²) in [6, 6.07) is 32.2. The largest absolute Gasteiger partial charge is 0.311 e. The maximum absolute atomic E-state index is 2.29. The zero-order chi connectivity index (χ0) is 22.0. The zero-order valence-electron chi connectivity index (χ0n) is 18.8. The van der Waals surface area contributed by atoms with Crippen LogP contribution in [0, 0.1) is 0 Å². The van der Waals surface area contributed by atoms with Gasteiger partial charge in [0.2, 0.25) is 0 Å². The summed E-state index contributed by atoms with van der Waals surface area (Å²) in [6.07, 6.45) is 10.9. The predicted molar refractivity (Wildman–Crippen MR) is 142 cm³/mol. The van der Waals surface area contributed by atoms with Crippen LogP contribution in [0.5, 0.6) is 0 Å². The maximum Gasteiger partial charge on any atom is 0.0462 e. The van der Waals surface area contributed by atoms with Gasteiger partial charge in [0.15, 0.2) is 0 Å². The third-order valence-electron chi connectivity index (χ3n) is 5.69. The Bertz CT molecular complexity index is 1060. The van der Waals surface area contributed by atoms with E-state index in [9.17, 15) is 0 Å². The molecule has 0 saturated carbocycles. The fourth-order valence-electron chi connectivity index (χ4n) is 3.95. The molecule has 32 heavy (non-hydrogen) atoms. The molecule has 0 aliphatic heterocycles. The Balaban J connectivity index is 1.51. The summed E-state index contributed by atoms with van der Waals surface area (Å²) in [7, 11) is 0. The average molecular weight is 438 g/mol. The summed E-state index contributed by atoms with van der Waals surface area (Å²) in [4.78, 5) is 3.68. The molecule has 0 amide bonds. The topological polar surface area (TPSA) is 3.24 Å². The van der Waals surface area contributed by atoms with Gasteiger partial charge in [-0.3, -0.25) is 0 Å². The SMILES string of the molecule is CCCCCCc1ccsc1C=Cc1ccc(N(c2ccccc2)c2ccccc2)cc1. The highest BCUT2D eigenvalue weighted by atomic mass is 32.1. The van der Waals surface area contributed by atoms with Crippen molar-refractivity contribution < 1.29 is 0 Å². The number of nitrogens with zero attached hydrogens (tertiary/aromatic N) is 1. The molecule has 1 heterocycles. The van der Waals surface area contributed by atoms with Crippen LogP contribution in [-0.2, 0) is 6.42 Å². The lowest BCUT2D eigenvalue weighted by Gasteiger charge is -2.25. The van der Waals surface area contributed by atoms with E-state index in [2.05, 4.69) is 120 Å². The van der Waals surface area contributed by atoms with E-state index in [0.717, 1.165) is 17.1 Å². The van der Waals surface area contributed by atoms with Crippen LogP contribution in [-0.4, -0.2) is 0 Å². The molecule has 0 bridgehead atoms. The summed E-state index contributed by atoms with van der Waals surface area (Å²) in [5, 5.41) is 2.22. The highest BCUT2D eigenvalue weighted by Crippen LogP contribution is 2.34. The van der Waals surface area contributed by atoms with E-state index in [4.69, 9.17) is 0 Å². The molecule has 0 fully saturated rings. The lowest BCUT2D eigenvalue weighted by molar-refractivity contribution is 0.667. The molecule has 2 heteroatoms. The number of unbranched alkanes of at least 4 members (excludes halogenated alkanes) is 3. The van der Waals surface area contributed by atoms with E-state index in [1.807, 2.05) is 11.3 Å². The van der Waals surface area contributed by atoms with E-state index < -0.39 is 0 Å². The number of rotatable bonds is 10. The van der Waals surface area contributed by atoms with Crippen LogP contribution >= 0.6 is 11.3 Å². The van der Waals surface area contributed by atoms with Crippen LogP contribution in [0.3, 0.4) is 0 Å². The number of anilines is 3. The first-order valence-electron chi connectivity index (χ1n) is 11.6. The van der Waals surface area contributed by atoms with Crippen LogP contribution < -0.4 is 4.90 Å². The van der Waals surface area contributed by atoms with E-state index in [-0.39, 0.29) is 0 Å². The van der Waals surface area contributed by atoms with Crippen molar-refractivity contribution >= 4 is 40.6 Å². The number of aryl methyl sites for hydroxylation is 1. The van der Waals surface area contributed by atoms with Crippen LogP contribution in [0.25, 0.3) is 12.2 Å². The number of hydrogen-bond acceptors (Lipinski definition) is 2. The number of hydrogen-bond donors (Lipinski definition) is 0. The fraction of sp³-hybridized carbons (Fsp3) is 0.200. The Morgan fingerprint density at radius 3 is 1.91 bits per heavy atom. The Hall–Kier alpha value is -3.10. The summed E-state index contributed by atoms with van der Waals surface area (Å²) in [6.45, 7) is 2.27. The highest BCUT2D eigenvalue weighted by molar-refractivity contribution is 7.11. The first kappa shape index (κ1) is 22.1. The molecule has 0 aliphatic rings. The van der Waals surface area contributed by atoms with Gasteiger partial charge in [-0.05, 0) is 77.9 Å². The van der Waals surface area contributed by atoms with E-state index in [0.29, 0.717) is 0 Å². The Labute approximate surface area is 196 Å². The van der Waals surface area contributed by atoms with E-state index >= 15 is 0 Å². The predicted octanol–water partition coefficient (Wildman–Crippen LogP) is 9.51. The number of benzene rings is 3. The molecule has 0 atom stereocenters. The standard InChI is InChI=1S/C30H31NS/c1-2-3-4-7-12-26-23-24-32-30(26)22-19-25-17-20-29(21-18-25)31(27-13-8-5-9-14-27)28-15-10-6-11-16-28/h5-6,8-11,13-24H,2-4,7,12H2,1H3.